The van der Waals surface area contributed by atoms with E-state index in [0.29, 0.717) is 24.0 Å². The van der Waals surface area contributed by atoms with E-state index in [4.69, 9.17) is 4.74 Å². The number of esters is 1. The van der Waals surface area contributed by atoms with Crippen molar-refractivity contribution >= 4 is 11.8 Å². The van der Waals surface area contributed by atoms with Gasteiger partial charge in [0.15, 0.2) is 0 Å². The Hall–Kier alpha value is -1.58. The van der Waals surface area contributed by atoms with Crippen molar-refractivity contribution in [2.45, 2.75) is 52.5 Å². The minimum Gasteiger partial charge on any atom is -0.462 e. The molecule has 1 aliphatic rings. The molecule has 0 saturated heterocycles. The van der Waals surface area contributed by atoms with Crippen molar-refractivity contribution < 1.29 is 9.53 Å². The molecule has 4 nitrogen and oxygen atoms in total. The number of aromatic nitrogens is 1. The fourth-order valence-corrected chi connectivity index (χ4v) is 2.82. The molecule has 1 aromatic rings. The van der Waals surface area contributed by atoms with E-state index in [0.717, 1.165) is 6.42 Å². The summed E-state index contributed by atoms with van der Waals surface area (Å²) in [7, 11) is 0. The van der Waals surface area contributed by atoms with Crippen LogP contribution >= 0.6 is 0 Å². The van der Waals surface area contributed by atoms with Crippen molar-refractivity contribution in [1.29, 1.82) is 0 Å². The molecule has 4 heteroatoms. The number of hydrogen-bond donors (Lipinski definition) is 1. The van der Waals surface area contributed by atoms with Crippen LogP contribution < -0.4 is 5.32 Å². The minimum absolute atomic E-state index is 0.224. The molecule has 1 aromatic heterocycles. The van der Waals surface area contributed by atoms with Gasteiger partial charge in [-0.05, 0) is 37.3 Å². The lowest BCUT2D eigenvalue weighted by molar-refractivity contribution is 0.0527. The first-order valence-electron chi connectivity index (χ1n) is 7.43. The first-order chi connectivity index (χ1) is 9.54. The first-order valence-corrected chi connectivity index (χ1v) is 7.43. The second-order valence-corrected chi connectivity index (χ2v) is 6.05. The molecule has 1 heterocycles. The van der Waals surface area contributed by atoms with Crippen LogP contribution in [0.1, 0.15) is 56.8 Å². The van der Waals surface area contributed by atoms with Gasteiger partial charge in [-0.15, -0.1) is 0 Å². The number of ether oxygens (including phenoxy) is 1. The monoisotopic (exact) mass is 276 g/mol. The Morgan fingerprint density at radius 1 is 1.50 bits per heavy atom. The third-order valence-electron chi connectivity index (χ3n) is 4.12. The van der Waals surface area contributed by atoms with E-state index in [9.17, 15) is 4.79 Å². The zero-order valence-electron chi connectivity index (χ0n) is 12.6. The van der Waals surface area contributed by atoms with E-state index >= 15 is 0 Å². The molecule has 1 aliphatic carbocycles. The van der Waals surface area contributed by atoms with Crippen molar-refractivity contribution in [3.05, 3.63) is 23.9 Å². The molecular weight excluding hydrogens is 252 g/mol. The second-order valence-electron chi connectivity index (χ2n) is 6.05. The summed E-state index contributed by atoms with van der Waals surface area (Å²) in [6.07, 6.45) is 6.53. The number of nitrogens with zero attached hydrogens (tertiary/aromatic N) is 1. The quantitative estimate of drug-likeness (QED) is 0.853. The zero-order chi connectivity index (χ0) is 14.6. The third-order valence-corrected chi connectivity index (χ3v) is 4.12. The zero-order valence-corrected chi connectivity index (χ0v) is 12.6. The van der Waals surface area contributed by atoms with Crippen LogP contribution in [-0.4, -0.2) is 23.6 Å². The molecule has 1 fully saturated rings. The minimum atomic E-state index is -0.309. The average molecular weight is 276 g/mol. The smallest absolute Gasteiger partial charge is 0.341 e. The fourth-order valence-electron chi connectivity index (χ4n) is 2.82. The first kappa shape index (κ1) is 14.8. The maximum Gasteiger partial charge on any atom is 0.341 e. The number of nitrogens with one attached hydrogen (secondary N) is 1. The highest BCUT2D eigenvalue weighted by atomic mass is 16.5. The van der Waals surface area contributed by atoms with Gasteiger partial charge in [-0.2, -0.15) is 0 Å². The van der Waals surface area contributed by atoms with Crippen LogP contribution in [0.15, 0.2) is 18.3 Å². The topological polar surface area (TPSA) is 51.2 Å². The van der Waals surface area contributed by atoms with Gasteiger partial charge >= 0.3 is 5.97 Å². The number of anilines is 1. The van der Waals surface area contributed by atoms with Crippen LogP contribution in [0, 0.1) is 5.41 Å². The lowest BCUT2D eigenvalue weighted by Crippen LogP contribution is -2.39. The molecule has 0 bridgehead atoms. The van der Waals surface area contributed by atoms with E-state index in [1.165, 1.54) is 19.3 Å². The summed E-state index contributed by atoms with van der Waals surface area (Å²) >= 11 is 0. The molecule has 0 amide bonds. The molecule has 0 radical (unpaired) electrons. The predicted molar refractivity (Wildman–Crippen MR) is 79.9 cm³/mol. The largest absolute Gasteiger partial charge is 0.462 e. The number of rotatable bonds is 4. The van der Waals surface area contributed by atoms with E-state index in [1.54, 1.807) is 18.3 Å². The Morgan fingerprint density at radius 3 is 3.00 bits per heavy atom. The van der Waals surface area contributed by atoms with Gasteiger partial charge in [0.25, 0.3) is 0 Å². The van der Waals surface area contributed by atoms with Crippen molar-refractivity contribution in [2.24, 2.45) is 5.41 Å². The molecule has 110 valence electrons. The van der Waals surface area contributed by atoms with Gasteiger partial charge in [-0.25, -0.2) is 9.78 Å². The summed E-state index contributed by atoms with van der Waals surface area (Å²) in [5.41, 5.74) is 0.748. The highest BCUT2D eigenvalue weighted by Crippen LogP contribution is 2.37. The molecule has 1 unspecified atom stereocenters. The Labute approximate surface area is 120 Å². The lowest BCUT2D eigenvalue weighted by atomic mass is 9.73. The second kappa shape index (κ2) is 6.25. The van der Waals surface area contributed by atoms with E-state index < -0.39 is 0 Å². The van der Waals surface area contributed by atoms with Crippen LogP contribution in [-0.2, 0) is 4.74 Å². The molecule has 20 heavy (non-hydrogen) atoms. The normalized spacial score (nSPS) is 21.2. The van der Waals surface area contributed by atoms with Gasteiger partial charge in [-0.1, -0.05) is 26.7 Å². The summed E-state index contributed by atoms with van der Waals surface area (Å²) in [5.74, 6) is 0.336. The third kappa shape index (κ3) is 3.30. The lowest BCUT2D eigenvalue weighted by Gasteiger charge is -2.39. The Kier molecular flexibility index (Phi) is 4.63. The van der Waals surface area contributed by atoms with Crippen LogP contribution in [0.4, 0.5) is 5.82 Å². The maximum absolute atomic E-state index is 12.0. The summed E-state index contributed by atoms with van der Waals surface area (Å²) in [6.45, 7) is 6.74. The SMILES string of the molecule is CCOC(=O)c1cccnc1NC1CCCCC1(C)C. The molecule has 0 spiro atoms. The van der Waals surface area contributed by atoms with E-state index in [-0.39, 0.29) is 11.4 Å². The number of carbonyl (C=O) groups is 1. The Morgan fingerprint density at radius 2 is 2.30 bits per heavy atom. The summed E-state index contributed by atoms with van der Waals surface area (Å²) in [4.78, 5) is 16.3. The summed E-state index contributed by atoms with van der Waals surface area (Å²) < 4.78 is 5.09. The summed E-state index contributed by atoms with van der Waals surface area (Å²) in [6, 6.07) is 3.88. The molecular formula is C16H24N2O2. The van der Waals surface area contributed by atoms with Crippen molar-refractivity contribution in [3.63, 3.8) is 0 Å². The number of hydrogen-bond acceptors (Lipinski definition) is 4. The van der Waals surface area contributed by atoms with E-state index in [2.05, 4.69) is 24.1 Å². The maximum atomic E-state index is 12.0. The van der Waals surface area contributed by atoms with Crippen LogP contribution in [0.2, 0.25) is 0 Å². The number of carbonyl (C=O) groups excluding carboxylic acids is 1. The molecule has 0 aromatic carbocycles. The Balaban J connectivity index is 2.18. The van der Waals surface area contributed by atoms with Crippen molar-refractivity contribution in [2.75, 3.05) is 11.9 Å². The van der Waals surface area contributed by atoms with Gasteiger partial charge < -0.3 is 10.1 Å². The molecule has 2 rings (SSSR count). The van der Waals surface area contributed by atoms with Crippen LogP contribution in [0.5, 0.6) is 0 Å². The van der Waals surface area contributed by atoms with Crippen LogP contribution in [0.25, 0.3) is 0 Å². The van der Waals surface area contributed by atoms with Gasteiger partial charge in [0.2, 0.25) is 0 Å². The highest BCUT2D eigenvalue weighted by molar-refractivity contribution is 5.94. The van der Waals surface area contributed by atoms with Crippen molar-refractivity contribution in [1.82, 2.24) is 4.98 Å². The van der Waals surface area contributed by atoms with Crippen molar-refractivity contribution in [3.8, 4) is 0 Å². The molecule has 1 N–H and O–H groups in total. The Bertz CT molecular complexity index is 471. The van der Waals surface area contributed by atoms with Gasteiger partial charge in [-0.3, -0.25) is 0 Å². The molecule has 1 saturated carbocycles. The fraction of sp³-hybridized carbons (Fsp3) is 0.625. The van der Waals surface area contributed by atoms with Gasteiger partial charge in [0.1, 0.15) is 11.4 Å². The van der Waals surface area contributed by atoms with E-state index in [1.807, 2.05) is 6.92 Å². The molecule has 0 aliphatic heterocycles. The standard InChI is InChI=1S/C16H24N2O2/c1-4-20-15(19)12-8-7-11-17-14(12)18-13-9-5-6-10-16(13,2)3/h7-8,11,13H,4-6,9-10H2,1-3H3,(H,17,18). The average Bonchev–Trinajstić information content (AvgIpc) is 2.42. The van der Waals surface area contributed by atoms with Gasteiger partial charge in [0.05, 0.1) is 6.61 Å². The summed E-state index contributed by atoms with van der Waals surface area (Å²) in [5, 5.41) is 3.47. The number of pyridine rings is 1. The van der Waals surface area contributed by atoms with Crippen LogP contribution in [0.3, 0.4) is 0 Å². The molecule has 1 atom stereocenters. The highest BCUT2D eigenvalue weighted by Gasteiger charge is 2.33. The van der Waals surface area contributed by atoms with Gasteiger partial charge in [0, 0.05) is 12.2 Å². The predicted octanol–water partition coefficient (Wildman–Crippen LogP) is 3.64.